The number of aliphatic hydroxyl groups excluding tert-OH is 1. The van der Waals surface area contributed by atoms with Crippen LogP contribution in [0.25, 0.3) is 0 Å². The van der Waals surface area contributed by atoms with E-state index >= 15 is 0 Å². The van der Waals surface area contributed by atoms with Gasteiger partial charge in [-0.3, -0.25) is 0 Å². The van der Waals surface area contributed by atoms with Crippen molar-refractivity contribution < 1.29 is 9.84 Å². The summed E-state index contributed by atoms with van der Waals surface area (Å²) >= 11 is 7.65. The van der Waals surface area contributed by atoms with Crippen molar-refractivity contribution in [3.63, 3.8) is 0 Å². The molecule has 2 aromatic rings. The minimum absolute atomic E-state index is 0.0626. The predicted molar refractivity (Wildman–Crippen MR) is 73.5 cm³/mol. The molecule has 94 valence electrons. The van der Waals surface area contributed by atoms with Gasteiger partial charge in [-0.1, -0.05) is 11.6 Å². The van der Waals surface area contributed by atoms with E-state index in [1.54, 1.807) is 23.5 Å². The van der Waals surface area contributed by atoms with Gasteiger partial charge in [0.15, 0.2) is 0 Å². The number of aliphatic hydroxyl groups is 1. The first kappa shape index (κ1) is 12.0. The molecule has 0 amide bonds. The van der Waals surface area contributed by atoms with Crippen molar-refractivity contribution in [2.45, 2.75) is 25.6 Å². The summed E-state index contributed by atoms with van der Waals surface area (Å²) in [6.45, 7) is 2.07. The van der Waals surface area contributed by atoms with Gasteiger partial charge in [0, 0.05) is 26.8 Å². The molecule has 2 heterocycles. The quantitative estimate of drug-likeness (QED) is 0.845. The Morgan fingerprint density at radius 1 is 1.33 bits per heavy atom. The van der Waals surface area contributed by atoms with Gasteiger partial charge in [0.05, 0.1) is 6.10 Å². The highest BCUT2D eigenvalue weighted by molar-refractivity contribution is 7.12. The number of ether oxygens (including phenoxy) is 1. The van der Waals surface area contributed by atoms with Crippen molar-refractivity contribution in [2.24, 2.45) is 0 Å². The summed E-state index contributed by atoms with van der Waals surface area (Å²) in [6.07, 6.45) is 0.0000447. The smallest absolute Gasteiger partial charge is 0.136 e. The average Bonchev–Trinajstić information content (AvgIpc) is 2.77. The fraction of sp³-hybridized carbons (Fsp3) is 0.286. The minimum Gasteiger partial charge on any atom is -0.484 e. The average molecular weight is 281 g/mol. The summed E-state index contributed by atoms with van der Waals surface area (Å²) < 4.78 is 5.95. The van der Waals surface area contributed by atoms with E-state index in [0.29, 0.717) is 11.4 Å². The highest BCUT2D eigenvalue weighted by Gasteiger charge is 2.28. The van der Waals surface area contributed by atoms with Crippen LogP contribution in [0.5, 0.6) is 5.75 Å². The van der Waals surface area contributed by atoms with E-state index in [1.807, 2.05) is 6.07 Å². The number of benzene rings is 1. The third-order valence-corrected chi connectivity index (χ3v) is 4.44. The summed E-state index contributed by atoms with van der Waals surface area (Å²) in [4.78, 5) is 2.41. The van der Waals surface area contributed by atoms with Gasteiger partial charge in [-0.15, -0.1) is 11.3 Å². The molecule has 1 aromatic carbocycles. The highest BCUT2D eigenvalue weighted by atomic mass is 35.5. The Morgan fingerprint density at radius 2 is 2.17 bits per heavy atom. The van der Waals surface area contributed by atoms with E-state index in [-0.39, 0.29) is 6.10 Å². The molecule has 1 aliphatic rings. The zero-order chi connectivity index (χ0) is 12.7. The Labute approximate surface area is 115 Å². The molecule has 0 spiro atoms. The van der Waals surface area contributed by atoms with Crippen molar-refractivity contribution in [1.82, 2.24) is 0 Å². The van der Waals surface area contributed by atoms with Gasteiger partial charge in [-0.25, -0.2) is 0 Å². The lowest BCUT2D eigenvalue weighted by atomic mass is 9.98. The zero-order valence-electron chi connectivity index (χ0n) is 9.89. The van der Waals surface area contributed by atoms with Crippen LogP contribution in [-0.4, -0.2) is 5.11 Å². The number of hydrogen-bond donors (Lipinski definition) is 1. The molecule has 0 bridgehead atoms. The van der Waals surface area contributed by atoms with E-state index in [4.69, 9.17) is 16.3 Å². The monoisotopic (exact) mass is 280 g/mol. The van der Waals surface area contributed by atoms with Crippen LogP contribution in [0.15, 0.2) is 30.3 Å². The second kappa shape index (κ2) is 4.57. The first-order chi connectivity index (χ1) is 8.63. The molecule has 2 nitrogen and oxygen atoms in total. The molecule has 4 heteroatoms. The number of hydrogen-bond acceptors (Lipinski definition) is 3. The SMILES string of the molecule is Cc1ccc(C2CC(O)c3cc(Cl)ccc3O2)s1. The van der Waals surface area contributed by atoms with Crippen LogP contribution in [0.2, 0.25) is 5.02 Å². The van der Waals surface area contributed by atoms with Gasteiger partial charge in [0.2, 0.25) is 0 Å². The predicted octanol–water partition coefficient (Wildman–Crippen LogP) is 4.27. The van der Waals surface area contributed by atoms with Crippen LogP contribution in [0.4, 0.5) is 0 Å². The lowest BCUT2D eigenvalue weighted by Gasteiger charge is -2.29. The van der Waals surface area contributed by atoms with Crippen molar-refractivity contribution in [2.75, 3.05) is 0 Å². The minimum atomic E-state index is -0.514. The Kier molecular flexibility index (Phi) is 3.06. The summed E-state index contributed by atoms with van der Waals surface area (Å²) in [5.74, 6) is 0.731. The molecular weight excluding hydrogens is 268 g/mol. The standard InChI is InChI=1S/C14H13ClO2S/c1-8-2-5-14(18-8)13-7-11(16)10-6-9(15)3-4-12(10)17-13/h2-6,11,13,16H,7H2,1H3. The van der Waals surface area contributed by atoms with Crippen molar-refractivity contribution >= 4 is 22.9 Å². The molecule has 2 atom stereocenters. The Bertz CT molecular complexity index is 579. The van der Waals surface area contributed by atoms with Gasteiger partial charge in [0.25, 0.3) is 0 Å². The Morgan fingerprint density at radius 3 is 2.89 bits per heavy atom. The maximum atomic E-state index is 10.2. The van der Waals surface area contributed by atoms with Crippen LogP contribution in [0, 0.1) is 6.92 Å². The number of thiophene rings is 1. The molecular formula is C14H13ClO2S. The van der Waals surface area contributed by atoms with E-state index < -0.39 is 6.10 Å². The fourth-order valence-corrected chi connectivity index (χ4v) is 3.32. The molecule has 0 radical (unpaired) electrons. The Hall–Kier alpha value is -1.03. The van der Waals surface area contributed by atoms with E-state index in [1.165, 1.54) is 4.88 Å². The third-order valence-electron chi connectivity index (χ3n) is 3.12. The van der Waals surface area contributed by atoms with Crippen LogP contribution >= 0.6 is 22.9 Å². The number of fused-ring (bicyclic) bond motifs is 1. The summed E-state index contributed by atoms with van der Waals surface area (Å²) in [6, 6.07) is 9.53. The van der Waals surface area contributed by atoms with Crippen molar-refractivity contribution in [1.29, 1.82) is 0 Å². The third kappa shape index (κ3) is 2.14. The lowest BCUT2D eigenvalue weighted by Crippen LogP contribution is -2.18. The van der Waals surface area contributed by atoms with Crippen LogP contribution < -0.4 is 4.74 Å². The van der Waals surface area contributed by atoms with Gasteiger partial charge in [0.1, 0.15) is 11.9 Å². The van der Waals surface area contributed by atoms with E-state index in [2.05, 4.69) is 19.1 Å². The number of aryl methyl sites for hydroxylation is 1. The molecule has 2 unspecified atom stereocenters. The second-order valence-electron chi connectivity index (χ2n) is 4.49. The van der Waals surface area contributed by atoms with Gasteiger partial charge >= 0.3 is 0 Å². The normalized spacial score (nSPS) is 22.4. The first-order valence-corrected chi connectivity index (χ1v) is 7.03. The van der Waals surface area contributed by atoms with Crippen LogP contribution in [-0.2, 0) is 0 Å². The van der Waals surface area contributed by atoms with Gasteiger partial charge < -0.3 is 9.84 Å². The molecule has 18 heavy (non-hydrogen) atoms. The second-order valence-corrected chi connectivity index (χ2v) is 6.24. The molecule has 1 N–H and O–H groups in total. The molecule has 1 aliphatic heterocycles. The summed E-state index contributed by atoms with van der Waals surface area (Å²) in [5.41, 5.74) is 0.784. The first-order valence-electron chi connectivity index (χ1n) is 5.84. The summed E-state index contributed by atoms with van der Waals surface area (Å²) in [5, 5.41) is 10.8. The number of halogens is 1. The number of rotatable bonds is 1. The van der Waals surface area contributed by atoms with Crippen molar-refractivity contribution in [3.05, 3.63) is 50.7 Å². The topological polar surface area (TPSA) is 29.5 Å². The van der Waals surface area contributed by atoms with E-state index in [0.717, 1.165) is 16.2 Å². The van der Waals surface area contributed by atoms with E-state index in [9.17, 15) is 5.11 Å². The molecule has 0 saturated heterocycles. The zero-order valence-corrected chi connectivity index (χ0v) is 11.5. The van der Waals surface area contributed by atoms with Crippen molar-refractivity contribution in [3.8, 4) is 5.75 Å². The lowest BCUT2D eigenvalue weighted by molar-refractivity contribution is 0.0674. The largest absolute Gasteiger partial charge is 0.484 e. The van der Waals surface area contributed by atoms with Crippen LogP contribution in [0.3, 0.4) is 0 Å². The van der Waals surface area contributed by atoms with Gasteiger partial charge in [-0.05, 0) is 37.3 Å². The molecule has 0 saturated carbocycles. The molecule has 3 rings (SSSR count). The molecule has 0 aliphatic carbocycles. The maximum absolute atomic E-state index is 10.2. The molecule has 0 fully saturated rings. The Balaban J connectivity index is 1.94. The van der Waals surface area contributed by atoms with Crippen LogP contribution in [0.1, 0.15) is 33.9 Å². The summed E-state index contributed by atoms with van der Waals surface area (Å²) in [7, 11) is 0. The highest BCUT2D eigenvalue weighted by Crippen LogP contribution is 2.43. The molecule has 1 aromatic heterocycles. The maximum Gasteiger partial charge on any atom is 0.136 e. The van der Waals surface area contributed by atoms with Gasteiger partial charge in [-0.2, -0.15) is 0 Å². The fourth-order valence-electron chi connectivity index (χ4n) is 2.22.